The molecule has 1 saturated carbocycles. The SMILES string of the molecule is CCOC1CC(NCC(C)CCO)C1OC. The van der Waals surface area contributed by atoms with Gasteiger partial charge in [0, 0.05) is 26.4 Å². The van der Waals surface area contributed by atoms with Crippen LogP contribution in [0.3, 0.4) is 0 Å². The molecule has 0 heterocycles. The second kappa shape index (κ2) is 7.22. The Morgan fingerprint density at radius 1 is 1.50 bits per heavy atom. The summed E-state index contributed by atoms with van der Waals surface area (Å²) in [6, 6.07) is 0.405. The van der Waals surface area contributed by atoms with Crippen molar-refractivity contribution in [2.24, 2.45) is 5.92 Å². The van der Waals surface area contributed by atoms with E-state index in [9.17, 15) is 0 Å². The molecule has 4 atom stereocenters. The Morgan fingerprint density at radius 3 is 2.81 bits per heavy atom. The van der Waals surface area contributed by atoms with E-state index in [1.54, 1.807) is 7.11 Å². The quantitative estimate of drug-likeness (QED) is 0.648. The van der Waals surface area contributed by atoms with Crippen LogP contribution in [-0.2, 0) is 9.47 Å². The summed E-state index contributed by atoms with van der Waals surface area (Å²) in [6.07, 6.45) is 2.31. The number of rotatable bonds is 8. The van der Waals surface area contributed by atoms with Gasteiger partial charge < -0.3 is 19.9 Å². The molecular weight excluding hydrogens is 206 g/mol. The Morgan fingerprint density at radius 2 is 2.25 bits per heavy atom. The molecule has 1 aliphatic rings. The number of aliphatic hydroxyl groups excluding tert-OH is 1. The van der Waals surface area contributed by atoms with Crippen LogP contribution in [0.1, 0.15) is 26.7 Å². The molecule has 0 aromatic heterocycles. The predicted octanol–water partition coefficient (Wildman–Crippen LogP) is 0.787. The molecule has 0 saturated heterocycles. The lowest BCUT2D eigenvalue weighted by atomic mass is 9.85. The monoisotopic (exact) mass is 231 g/mol. The van der Waals surface area contributed by atoms with E-state index in [2.05, 4.69) is 12.2 Å². The van der Waals surface area contributed by atoms with Crippen molar-refractivity contribution in [1.29, 1.82) is 0 Å². The van der Waals surface area contributed by atoms with Crippen LogP contribution in [-0.4, -0.2) is 50.2 Å². The molecule has 2 N–H and O–H groups in total. The smallest absolute Gasteiger partial charge is 0.0986 e. The Balaban J connectivity index is 2.19. The van der Waals surface area contributed by atoms with Crippen LogP contribution in [0.25, 0.3) is 0 Å². The molecule has 16 heavy (non-hydrogen) atoms. The Labute approximate surface area is 98.3 Å². The third-order valence-electron chi connectivity index (χ3n) is 3.25. The predicted molar refractivity (Wildman–Crippen MR) is 63.5 cm³/mol. The van der Waals surface area contributed by atoms with Crippen molar-refractivity contribution in [2.75, 3.05) is 26.9 Å². The van der Waals surface area contributed by atoms with E-state index in [-0.39, 0.29) is 18.8 Å². The van der Waals surface area contributed by atoms with Crippen molar-refractivity contribution in [3.05, 3.63) is 0 Å². The van der Waals surface area contributed by atoms with Gasteiger partial charge in [0.1, 0.15) is 0 Å². The molecule has 4 heteroatoms. The van der Waals surface area contributed by atoms with Crippen LogP contribution in [0.15, 0.2) is 0 Å². The third-order valence-corrected chi connectivity index (χ3v) is 3.25. The average molecular weight is 231 g/mol. The zero-order valence-electron chi connectivity index (χ0n) is 10.6. The summed E-state index contributed by atoms with van der Waals surface area (Å²) in [7, 11) is 1.74. The zero-order valence-corrected chi connectivity index (χ0v) is 10.6. The van der Waals surface area contributed by atoms with E-state index >= 15 is 0 Å². The van der Waals surface area contributed by atoms with Gasteiger partial charge in [-0.25, -0.2) is 0 Å². The lowest BCUT2D eigenvalue weighted by Gasteiger charge is -2.43. The number of hydrogen-bond acceptors (Lipinski definition) is 4. The van der Waals surface area contributed by atoms with Crippen molar-refractivity contribution < 1.29 is 14.6 Å². The maximum Gasteiger partial charge on any atom is 0.0986 e. The first-order chi connectivity index (χ1) is 7.72. The van der Waals surface area contributed by atoms with E-state index < -0.39 is 0 Å². The molecule has 0 spiro atoms. The Bertz CT molecular complexity index is 189. The van der Waals surface area contributed by atoms with E-state index in [0.29, 0.717) is 12.0 Å². The normalized spacial score (nSPS) is 31.1. The minimum absolute atomic E-state index is 0.182. The number of ether oxygens (including phenoxy) is 2. The standard InChI is InChI=1S/C12H25NO3/c1-4-16-11-7-10(12(11)15-3)13-8-9(2)5-6-14/h9-14H,4-8H2,1-3H3. The molecule has 0 bridgehead atoms. The van der Waals surface area contributed by atoms with Crippen LogP contribution in [0.4, 0.5) is 0 Å². The fourth-order valence-corrected chi connectivity index (χ4v) is 2.15. The minimum atomic E-state index is 0.182. The van der Waals surface area contributed by atoms with Gasteiger partial charge in [-0.1, -0.05) is 6.92 Å². The largest absolute Gasteiger partial charge is 0.396 e. The van der Waals surface area contributed by atoms with E-state index in [0.717, 1.165) is 26.0 Å². The molecule has 1 fully saturated rings. The Kier molecular flexibility index (Phi) is 6.28. The molecule has 0 radical (unpaired) electrons. The molecule has 4 nitrogen and oxygen atoms in total. The summed E-state index contributed by atoms with van der Waals surface area (Å²) < 4.78 is 11.0. The first-order valence-electron chi connectivity index (χ1n) is 6.21. The number of hydrogen-bond donors (Lipinski definition) is 2. The number of methoxy groups -OCH3 is 1. The highest BCUT2D eigenvalue weighted by atomic mass is 16.5. The number of nitrogens with one attached hydrogen (secondary N) is 1. The molecule has 96 valence electrons. The fraction of sp³-hybridized carbons (Fsp3) is 1.00. The van der Waals surface area contributed by atoms with Gasteiger partial charge in [0.25, 0.3) is 0 Å². The van der Waals surface area contributed by atoms with Gasteiger partial charge in [0.2, 0.25) is 0 Å². The zero-order chi connectivity index (χ0) is 12.0. The summed E-state index contributed by atoms with van der Waals surface area (Å²) in [5, 5.41) is 12.3. The summed E-state index contributed by atoms with van der Waals surface area (Å²) in [5.41, 5.74) is 0. The first-order valence-corrected chi connectivity index (χ1v) is 6.21. The van der Waals surface area contributed by atoms with Crippen molar-refractivity contribution in [3.8, 4) is 0 Å². The molecular formula is C12H25NO3. The lowest BCUT2D eigenvalue weighted by molar-refractivity contribution is -0.131. The molecule has 0 aliphatic heterocycles. The average Bonchev–Trinajstić information content (AvgIpc) is 2.23. The second-order valence-electron chi connectivity index (χ2n) is 4.56. The molecule has 0 amide bonds. The summed E-state index contributed by atoms with van der Waals surface area (Å²) in [6.45, 7) is 6.10. The second-order valence-corrected chi connectivity index (χ2v) is 4.56. The van der Waals surface area contributed by atoms with Gasteiger partial charge in [0.15, 0.2) is 0 Å². The van der Waals surface area contributed by atoms with Crippen molar-refractivity contribution >= 4 is 0 Å². The van der Waals surface area contributed by atoms with Gasteiger partial charge in [0.05, 0.1) is 12.2 Å². The van der Waals surface area contributed by atoms with Gasteiger partial charge in [-0.05, 0) is 32.2 Å². The summed E-state index contributed by atoms with van der Waals surface area (Å²) in [5.74, 6) is 0.508. The van der Waals surface area contributed by atoms with E-state index in [4.69, 9.17) is 14.6 Å². The maximum absolute atomic E-state index is 8.81. The molecule has 4 unspecified atom stereocenters. The van der Waals surface area contributed by atoms with Crippen LogP contribution >= 0.6 is 0 Å². The highest BCUT2D eigenvalue weighted by molar-refractivity contribution is 4.97. The molecule has 1 aliphatic carbocycles. The van der Waals surface area contributed by atoms with Crippen molar-refractivity contribution in [1.82, 2.24) is 5.32 Å². The van der Waals surface area contributed by atoms with Crippen molar-refractivity contribution in [3.63, 3.8) is 0 Å². The number of aliphatic hydroxyl groups is 1. The lowest BCUT2D eigenvalue weighted by Crippen LogP contribution is -2.60. The van der Waals surface area contributed by atoms with Gasteiger partial charge in [-0.3, -0.25) is 0 Å². The van der Waals surface area contributed by atoms with E-state index in [1.165, 1.54) is 0 Å². The minimum Gasteiger partial charge on any atom is -0.396 e. The molecule has 0 aromatic rings. The van der Waals surface area contributed by atoms with Crippen LogP contribution in [0.5, 0.6) is 0 Å². The molecule has 1 rings (SSSR count). The highest BCUT2D eigenvalue weighted by Gasteiger charge is 2.41. The topological polar surface area (TPSA) is 50.7 Å². The first kappa shape index (κ1) is 13.9. The van der Waals surface area contributed by atoms with Crippen LogP contribution in [0, 0.1) is 5.92 Å². The van der Waals surface area contributed by atoms with Gasteiger partial charge >= 0.3 is 0 Å². The summed E-state index contributed by atoms with van der Waals surface area (Å²) in [4.78, 5) is 0. The molecule has 0 aromatic carbocycles. The van der Waals surface area contributed by atoms with Crippen LogP contribution in [0.2, 0.25) is 0 Å². The maximum atomic E-state index is 8.81. The van der Waals surface area contributed by atoms with Crippen molar-refractivity contribution in [2.45, 2.75) is 44.9 Å². The van der Waals surface area contributed by atoms with Gasteiger partial charge in [-0.2, -0.15) is 0 Å². The Hall–Kier alpha value is -0.160. The summed E-state index contributed by atoms with van der Waals surface area (Å²) >= 11 is 0. The van der Waals surface area contributed by atoms with E-state index in [1.807, 2.05) is 6.92 Å². The third kappa shape index (κ3) is 3.70. The highest BCUT2D eigenvalue weighted by Crippen LogP contribution is 2.27. The fourth-order valence-electron chi connectivity index (χ4n) is 2.15. The van der Waals surface area contributed by atoms with Crippen LogP contribution < -0.4 is 5.32 Å². The van der Waals surface area contributed by atoms with Gasteiger partial charge in [-0.15, -0.1) is 0 Å².